The fourth-order valence-electron chi connectivity index (χ4n) is 1.51. The maximum absolute atomic E-state index is 11.7. The molecule has 0 aliphatic carbocycles. The molecule has 18 heavy (non-hydrogen) atoms. The third-order valence-corrected chi connectivity index (χ3v) is 2.45. The van der Waals surface area contributed by atoms with Gasteiger partial charge in [0.05, 0.1) is 12.4 Å². The number of aromatic nitrogens is 2. The summed E-state index contributed by atoms with van der Waals surface area (Å²) in [7, 11) is 0. The molecule has 3 N–H and O–H groups in total. The van der Waals surface area contributed by atoms with Crippen molar-refractivity contribution >= 4 is 11.7 Å². The van der Waals surface area contributed by atoms with Gasteiger partial charge in [-0.1, -0.05) is 30.3 Å². The Labute approximate surface area is 105 Å². The molecule has 0 fully saturated rings. The maximum Gasteiger partial charge on any atom is 0.271 e. The molecule has 1 amide bonds. The number of hydrogen-bond donors (Lipinski definition) is 2. The smallest absolute Gasteiger partial charge is 0.271 e. The van der Waals surface area contributed by atoms with Crippen molar-refractivity contribution in [1.29, 1.82) is 0 Å². The Morgan fingerprint density at radius 2 is 1.94 bits per heavy atom. The van der Waals surface area contributed by atoms with E-state index in [2.05, 4.69) is 15.3 Å². The first-order valence-corrected chi connectivity index (χ1v) is 5.65. The van der Waals surface area contributed by atoms with Crippen LogP contribution in [0.4, 0.5) is 5.82 Å². The lowest BCUT2D eigenvalue weighted by Crippen LogP contribution is -2.26. The third-order valence-electron chi connectivity index (χ3n) is 2.45. The number of nitrogens with zero attached hydrogens (tertiary/aromatic N) is 2. The van der Waals surface area contributed by atoms with Crippen LogP contribution >= 0.6 is 0 Å². The van der Waals surface area contributed by atoms with Gasteiger partial charge < -0.3 is 11.1 Å². The standard InChI is InChI=1S/C13H14N4O/c14-12-9-16-11(8-17-12)13(18)15-7-6-10-4-2-1-3-5-10/h1-5,8-9H,6-7H2,(H2,14,17)(H,15,18). The molecule has 2 rings (SSSR count). The van der Waals surface area contributed by atoms with Crippen LogP contribution in [0.5, 0.6) is 0 Å². The molecule has 92 valence electrons. The second-order valence-corrected chi connectivity index (χ2v) is 3.82. The molecule has 0 radical (unpaired) electrons. The van der Waals surface area contributed by atoms with Crippen LogP contribution in [-0.4, -0.2) is 22.4 Å². The molecule has 0 aliphatic rings. The zero-order valence-electron chi connectivity index (χ0n) is 9.84. The van der Waals surface area contributed by atoms with Crippen LogP contribution in [0.15, 0.2) is 42.7 Å². The fraction of sp³-hybridized carbons (Fsp3) is 0.154. The molecule has 5 nitrogen and oxygen atoms in total. The molecule has 0 bridgehead atoms. The monoisotopic (exact) mass is 242 g/mol. The Morgan fingerprint density at radius 3 is 2.61 bits per heavy atom. The van der Waals surface area contributed by atoms with Crippen molar-refractivity contribution in [3.05, 3.63) is 54.0 Å². The molecule has 1 aromatic carbocycles. The molecule has 0 aliphatic heterocycles. The van der Waals surface area contributed by atoms with Crippen molar-refractivity contribution in [1.82, 2.24) is 15.3 Å². The van der Waals surface area contributed by atoms with E-state index in [4.69, 9.17) is 5.73 Å². The number of anilines is 1. The summed E-state index contributed by atoms with van der Waals surface area (Å²) in [5, 5.41) is 2.78. The van der Waals surface area contributed by atoms with E-state index >= 15 is 0 Å². The molecule has 0 unspecified atom stereocenters. The van der Waals surface area contributed by atoms with Gasteiger partial charge in [0.1, 0.15) is 11.5 Å². The highest BCUT2D eigenvalue weighted by Gasteiger charge is 2.06. The Hall–Kier alpha value is -2.43. The van der Waals surface area contributed by atoms with Gasteiger partial charge >= 0.3 is 0 Å². The van der Waals surface area contributed by atoms with E-state index in [0.717, 1.165) is 6.42 Å². The van der Waals surface area contributed by atoms with E-state index < -0.39 is 0 Å². The summed E-state index contributed by atoms with van der Waals surface area (Å²) < 4.78 is 0. The van der Waals surface area contributed by atoms with Gasteiger partial charge in [-0.25, -0.2) is 9.97 Å². The predicted molar refractivity (Wildman–Crippen MR) is 68.9 cm³/mol. The summed E-state index contributed by atoms with van der Waals surface area (Å²) in [5.41, 5.74) is 6.85. The summed E-state index contributed by atoms with van der Waals surface area (Å²) in [6.07, 6.45) is 3.52. The van der Waals surface area contributed by atoms with Gasteiger partial charge in [-0.3, -0.25) is 4.79 Å². The van der Waals surface area contributed by atoms with E-state index in [9.17, 15) is 4.79 Å². The number of nitrogens with two attached hydrogens (primary N) is 1. The fourth-order valence-corrected chi connectivity index (χ4v) is 1.51. The number of amides is 1. The molecule has 0 saturated heterocycles. The topological polar surface area (TPSA) is 80.9 Å². The average molecular weight is 242 g/mol. The second-order valence-electron chi connectivity index (χ2n) is 3.82. The Bertz CT molecular complexity index is 510. The van der Waals surface area contributed by atoms with Gasteiger partial charge in [0, 0.05) is 6.54 Å². The molecule has 2 aromatic rings. The van der Waals surface area contributed by atoms with Crippen LogP contribution in [0.25, 0.3) is 0 Å². The summed E-state index contributed by atoms with van der Waals surface area (Å²) in [6, 6.07) is 9.96. The van der Waals surface area contributed by atoms with Crippen LogP contribution in [0.3, 0.4) is 0 Å². The van der Waals surface area contributed by atoms with Crippen LogP contribution in [0.1, 0.15) is 16.1 Å². The van der Waals surface area contributed by atoms with Gasteiger partial charge in [0.2, 0.25) is 0 Å². The predicted octanol–water partition coefficient (Wildman–Crippen LogP) is 1.03. The summed E-state index contributed by atoms with van der Waals surface area (Å²) >= 11 is 0. The first kappa shape index (κ1) is 12.0. The molecule has 1 aromatic heterocycles. The molecular formula is C13H14N4O. The zero-order valence-corrected chi connectivity index (χ0v) is 9.84. The van der Waals surface area contributed by atoms with Gasteiger partial charge in [-0.2, -0.15) is 0 Å². The minimum absolute atomic E-state index is 0.238. The zero-order chi connectivity index (χ0) is 12.8. The average Bonchev–Trinajstić information content (AvgIpc) is 2.40. The molecular weight excluding hydrogens is 228 g/mol. The number of nitrogen functional groups attached to an aromatic ring is 1. The van der Waals surface area contributed by atoms with Crippen LogP contribution in [0.2, 0.25) is 0 Å². The van der Waals surface area contributed by atoms with E-state index in [1.54, 1.807) is 0 Å². The minimum Gasteiger partial charge on any atom is -0.382 e. The first-order chi connectivity index (χ1) is 8.75. The molecule has 0 atom stereocenters. The SMILES string of the molecule is Nc1cnc(C(=O)NCCc2ccccc2)cn1. The summed E-state index contributed by atoms with van der Waals surface area (Å²) in [5.74, 6) is 0.0641. The molecule has 5 heteroatoms. The number of nitrogens with one attached hydrogen (secondary N) is 1. The third kappa shape index (κ3) is 3.28. The lowest BCUT2D eigenvalue weighted by atomic mass is 10.1. The van der Waals surface area contributed by atoms with Crippen molar-refractivity contribution < 1.29 is 4.79 Å². The van der Waals surface area contributed by atoms with Gasteiger partial charge in [0.25, 0.3) is 5.91 Å². The Balaban J connectivity index is 1.84. The highest BCUT2D eigenvalue weighted by Crippen LogP contribution is 1.99. The van der Waals surface area contributed by atoms with E-state index in [1.165, 1.54) is 18.0 Å². The Kier molecular flexibility index (Phi) is 3.86. The van der Waals surface area contributed by atoms with Crippen LogP contribution < -0.4 is 11.1 Å². The highest BCUT2D eigenvalue weighted by atomic mass is 16.1. The van der Waals surface area contributed by atoms with E-state index in [0.29, 0.717) is 12.4 Å². The largest absolute Gasteiger partial charge is 0.382 e. The molecule has 0 saturated carbocycles. The maximum atomic E-state index is 11.7. The van der Waals surface area contributed by atoms with E-state index in [1.807, 2.05) is 30.3 Å². The lowest BCUT2D eigenvalue weighted by molar-refractivity contribution is 0.0949. The Morgan fingerprint density at radius 1 is 1.17 bits per heavy atom. The summed E-state index contributed by atoms with van der Waals surface area (Å²) in [4.78, 5) is 19.4. The second kappa shape index (κ2) is 5.77. The quantitative estimate of drug-likeness (QED) is 0.839. The van der Waals surface area contributed by atoms with Crippen molar-refractivity contribution in [2.75, 3.05) is 12.3 Å². The van der Waals surface area contributed by atoms with Gasteiger partial charge in [-0.15, -0.1) is 0 Å². The number of hydrogen-bond acceptors (Lipinski definition) is 4. The normalized spacial score (nSPS) is 10.0. The van der Waals surface area contributed by atoms with E-state index in [-0.39, 0.29) is 11.6 Å². The molecule has 0 spiro atoms. The number of rotatable bonds is 4. The van der Waals surface area contributed by atoms with Crippen molar-refractivity contribution in [3.8, 4) is 0 Å². The highest BCUT2D eigenvalue weighted by molar-refractivity contribution is 5.91. The van der Waals surface area contributed by atoms with Crippen LogP contribution in [-0.2, 0) is 6.42 Å². The molecule has 1 heterocycles. The number of carbonyl (C=O) groups is 1. The summed E-state index contributed by atoms with van der Waals surface area (Å²) in [6.45, 7) is 0.564. The minimum atomic E-state index is -0.238. The van der Waals surface area contributed by atoms with Crippen molar-refractivity contribution in [2.24, 2.45) is 0 Å². The number of benzene rings is 1. The van der Waals surface area contributed by atoms with Gasteiger partial charge in [0.15, 0.2) is 0 Å². The first-order valence-electron chi connectivity index (χ1n) is 5.65. The van der Waals surface area contributed by atoms with Gasteiger partial charge in [-0.05, 0) is 12.0 Å². The number of carbonyl (C=O) groups excluding carboxylic acids is 1. The lowest BCUT2D eigenvalue weighted by Gasteiger charge is -2.04. The van der Waals surface area contributed by atoms with Crippen molar-refractivity contribution in [2.45, 2.75) is 6.42 Å². The van der Waals surface area contributed by atoms with Crippen LogP contribution in [0, 0.1) is 0 Å². The van der Waals surface area contributed by atoms with Crippen molar-refractivity contribution in [3.63, 3.8) is 0 Å².